The van der Waals surface area contributed by atoms with E-state index in [2.05, 4.69) is 19.9 Å². The van der Waals surface area contributed by atoms with E-state index >= 15 is 0 Å². The lowest BCUT2D eigenvalue weighted by Gasteiger charge is -2.52. The number of aliphatic hydroxyl groups excluding tert-OH is 3. The van der Waals surface area contributed by atoms with Crippen molar-refractivity contribution in [1.29, 1.82) is 0 Å². The Kier molecular flexibility index (Phi) is 15.0. The van der Waals surface area contributed by atoms with Gasteiger partial charge in [0.25, 0.3) is 0 Å². The Hall–Kier alpha value is -2.09. The molecular weight excluding hydrogens is 805 g/mol. The molecule has 4 N–H and O–H groups in total. The number of hydrogen-bond donors (Lipinski definition) is 4. The summed E-state index contributed by atoms with van der Waals surface area (Å²) in [4.78, 5) is 14.3. The van der Waals surface area contributed by atoms with Gasteiger partial charge in [-0.25, -0.2) is 0 Å². The standard InChI is InChI=1S/C47H72O15/c1-23(2)41-27(6)34(48)21-46(62-41)20-32-17-31(61-46)15-14-25(4)42(24(3)12-11-13-30-22-55-44-39(49)26(5)16-33(45(51)58-32)47(30,44)52)59-38-19-36(54-10)43(29(8)57-38)60-37-18-35(53-9)40(50)28(7)56-37/h11-14,16,23-24,27-29,31-44,48-50,52H,15,17-22H2,1-10H3/b12-11+,25-14+,30-13-/t24-,27-,28?,29?,31+,32-,33-,34?,35?,36?,37?,38?,39+,40?,41+,42-,43?,44+,46-,47+/m0/s1. The Balaban J connectivity index is 1.18. The molecule has 9 unspecified atom stereocenters. The molecular formula is C47H72O15. The van der Waals surface area contributed by atoms with Crippen molar-refractivity contribution < 1.29 is 72.6 Å². The molecule has 5 saturated heterocycles. The van der Waals surface area contributed by atoms with Crippen LogP contribution >= 0.6 is 0 Å². The van der Waals surface area contributed by atoms with E-state index in [1.54, 1.807) is 40.2 Å². The molecule has 6 heterocycles. The summed E-state index contributed by atoms with van der Waals surface area (Å²) >= 11 is 0. The largest absolute Gasteiger partial charge is 0.462 e. The fourth-order valence-corrected chi connectivity index (χ4v) is 10.9. The number of esters is 1. The van der Waals surface area contributed by atoms with Gasteiger partial charge in [0.15, 0.2) is 18.4 Å². The quantitative estimate of drug-likeness (QED) is 0.210. The number of rotatable bonds is 7. The van der Waals surface area contributed by atoms with Crippen LogP contribution in [0.4, 0.5) is 0 Å². The lowest BCUT2D eigenvalue weighted by molar-refractivity contribution is -0.353. The number of fused-ring (bicyclic) bond motifs is 2. The average molecular weight is 877 g/mol. The maximum Gasteiger partial charge on any atom is 0.316 e. The average Bonchev–Trinajstić information content (AvgIpc) is 3.56. The molecule has 15 heteroatoms. The zero-order valence-corrected chi connectivity index (χ0v) is 38.1. The normalized spacial score (nSPS) is 50.2. The first kappa shape index (κ1) is 47.9. The van der Waals surface area contributed by atoms with Gasteiger partial charge in [0.05, 0.1) is 55.4 Å². The maximum absolute atomic E-state index is 14.3. The highest BCUT2D eigenvalue weighted by Gasteiger charge is 2.60. The van der Waals surface area contributed by atoms with Gasteiger partial charge in [0.1, 0.15) is 42.0 Å². The highest BCUT2D eigenvalue weighted by atomic mass is 16.7. The van der Waals surface area contributed by atoms with E-state index in [1.165, 1.54) is 0 Å². The monoisotopic (exact) mass is 876 g/mol. The minimum Gasteiger partial charge on any atom is -0.462 e. The fourth-order valence-electron chi connectivity index (χ4n) is 10.9. The first-order valence-corrected chi connectivity index (χ1v) is 22.7. The van der Waals surface area contributed by atoms with Crippen LogP contribution in [0.2, 0.25) is 0 Å². The molecule has 15 nitrogen and oxygen atoms in total. The first-order valence-electron chi connectivity index (χ1n) is 22.7. The van der Waals surface area contributed by atoms with Crippen molar-refractivity contribution in [2.45, 2.75) is 197 Å². The summed E-state index contributed by atoms with van der Waals surface area (Å²) in [5, 5.41) is 45.6. The number of allylic oxidation sites excluding steroid dienone is 2. The Morgan fingerprint density at radius 3 is 2.26 bits per heavy atom. The van der Waals surface area contributed by atoms with Crippen molar-refractivity contribution in [1.82, 2.24) is 0 Å². The Morgan fingerprint density at radius 1 is 0.855 bits per heavy atom. The summed E-state index contributed by atoms with van der Waals surface area (Å²) in [6, 6.07) is 0. The summed E-state index contributed by atoms with van der Waals surface area (Å²) in [6.07, 6.45) is 2.11. The summed E-state index contributed by atoms with van der Waals surface area (Å²) in [5.41, 5.74) is 0.0192. The predicted molar refractivity (Wildman–Crippen MR) is 224 cm³/mol. The Bertz CT molecular complexity index is 1700. The van der Waals surface area contributed by atoms with E-state index in [1.807, 2.05) is 39.8 Å². The third-order valence-corrected chi connectivity index (χ3v) is 14.5. The highest BCUT2D eigenvalue weighted by Crippen LogP contribution is 2.48. The highest BCUT2D eigenvalue weighted by molar-refractivity contribution is 5.78. The van der Waals surface area contributed by atoms with Gasteiger partial charge in [0, 0.05) is 58.2 Å². The molecule has 2 bridgehead atoms. The van der Waals surface area contributed by atoms with Crippen molar-refractivity contribution in [3.8, 4) is 0 Å². The van der Waals surface area contributed by atoms with Crippen LogP contribution in [0.3, 0.4) is 0 Å². The molecule has 0 amide bonds. The molecule has 5 fully saturated rings. The van der Waals surface area contributed by atoms with E-state index in [4.69, 9.17) is 47.4 Å². The minimum atomic E-state index is -1.87. The minimum absolute atomic E-state index is 0.0105. The van der Waals surface area contributed by atoms with Crippen molar-refractivity contribution in [3.05, 3.63) is 47.1 Å². The molecule has 62 heavy (non-hydrogen) atoms. The van der Waals surface area contributed by atoms with Gasteiger partial charge in [-0.3, -0.25) is 4.79 Å². The van der Waals surface area contributed by atoms with Crippen LogP contribution in [0.25, 0.3) is 0 Å². The summed E-state index contributed by atoms with van der Waals surface area (Å²) in [6.45, 7) is 15.6. The van der Waals surface area contributed by atoms with Gasteiger partial charge in [-0.15, -0.1) is 0 Å². The molecule has 1 aliphatic carbocycles. The smallest absolute Gasteiger partial charge is 0.316 e. The molecule has 7 rings (SSSR count). The van der Waals surface area contributed by atoms with E-state index < -0.39 is 109 Å². The fraction of sp³-hybridized carbons (Fsp3) is 0.809. The van der Waals surface area contributed by atoms with Gasteiger partial charge in [-0.1, -0.05) is 58.1 Å². The molecule has 1 spiro atoms. The lowest BCUT2D eigenvalue weighted by Crippen LogP contribution is -2.60. The zero-order chi connectivity index (χ0) is 44.8. The second-order valence-electron chi connectivity index (χ2n) is 19.3. The van der Waals surface area contributed by atoms with Crippen LogP contribution < -0.4 is 0 Å². The van der Waals surface area contributed by atoms with Crippen molar-refractivity contribution in [2.24, 2.45) is 23.7 Å². The molecule has 0 aromatic carbocycles. The molecule has 350 valence electrons. The first-order chi connectivity index (χ1) is 29.4. The second kappa shape index (κ2) is 19.4. The number of methoxy groups -OCH3 is 2. The van der Waals surface area contributed by atoms with E-state index in [0.29, 0.717) is 36.8 Å². The number of hydrogen-bond acceptors (Lipinski definition) is 15. The van der Waals surface area contributed by atoms with Crippen LogP contribution in [0, 0.1) is 23.7 Å². The molecule has 20 atom stereocenters. The topological polar surface area (TPSA) is 190 Å². The van der Waals surface area contributed by atoms with Gasteiger partial charge in [0.2, 0.25) is 0 Å². The van der Waals surface area contributed by atoms with Gasteiger partial charge in [-0.2, -0.15) is 0 Å². The number of aliphatic hydroxyl groups is 4. The van der Waals surface area contributed by atoms with Crippen LogP contribution in [0.15, 0.2) is 47.1 Å². The van der Waals surface area contributed by atoms with Crippen molar-refractivity contribution >= 4 is 5.97 Å². The van der Waals surface area contributed by atoms with Crippen molar-refractivity contribution in [3.63, 3.8) is 0 Å². The number of carbonyl (C=O) groups is 1. The van der Waals surface area contributed by atoms with Crippen LogP contribution in [-0.2, 0) is 52.2 Å². The second-order valence-corrected chi connectivity index (χ2v) is 19.3. The van der Waals surface area contributed by atoms with Gasteiger partial charge >= 0.3 is 5.97 Å². The SMILES string of the molecule is COC1CC(OC2C(C)OC(O[C@@H]3/C(C)=C/C[C@@H]4C[C@@H](C[C@]5(CC(O)[C@H](C)[C@@H](C(C)C)O5)O4)OC(=O)[C@@H]4C=C(C)[C@@H](O)[C@H]5OC/C(=C/C=C/[C@@H]3C)[C@]54O)CC2OC)OC(C)C1O. The summed E-state index contributed by atoms with van der Waals surface area (Å²) < 4.78 is 63.4. The zero-order valence-electron chi connectivity index (χ0n) is 38.1. The molecule has 0 aromatic heterocycles. The molecule has 0 saturated carbocycles. The van der Waals surface area contributed by atoms with Crippen LogP contribution in [-0.4, -0.2) is 151 Å². The summed E-state index contributed by atoms with van der Waals surface area (Å²) in [5.74, 6) is -3.24. The van der Waals surface area contributed by atoms with Gasteiger partial charge < -0.3 is 67.8 Å². The Morgan fingerprint density at radius 2 is 1.55 bits per heavy atom. The molecule has 0 aromatic rings. The Labute approximate surface area is 366 Å². The third kappa shape index (κ3) is 9.58. The lowest BCUT2D eigenvalue weighted by atomic mass is 9.71. The number of carbonyl (C=O) groups excluding carboxylic acids is 1. The summed E-state index contributed by atoms with van der Waals surface area (Å²) in [7, 11) is 3.20. The van der Waals surface area contributed by atoms with E-state index in [9.17, 15) is 25.2 Å². The number of ether oxygens (including phenoxy) is 10. The maximum atomic E-state index is 14.3. The van der Waals surface area contributed by atoms with E-state index in [0.717, 1.165) is 5.57 Å². The van der Waals surface area contributed by atoms with Gasteiger partial charge in [-0.05, 0) is 56.8 Å². The molecule has 6 aliphatic heterocycles. The van der Waals surface area contributed by atoms with Crippen LogP contribution in [0.5, 0.6) is 0 Å². The van der Waals surface area contributed by atoms with E-state index in [-0.39, 0.29) is 43.3 Å². The predicted octanol–water partition coefficient (Wildman–Crippen LogP) is 4.18. The molecule has 7 aliphatic rings. The van der Waals surface area contributed by atoms with Crippen molar-refractivity contribution in [2.75, 3.05) is 20.8 Å². The third-order valence-electron chi connectivity index (χ3n) is 14.5. The van der Waals surface area contributed by atoms with Crippen LogP contribution in [0.1, 0.15) is 93.9 Å². The molecule has 0 radical (unpaired) electrons.